The Hall–Kier alpha value is -0.0800. The molecule has 0 radical (unpaired) electrons. The third-order valence-electron chi connectivity index (χ3n) is 5.74. The minimum Gasteiger partial charge on any atom is -0.354 e. The molecular formula is C13H21NO. The van der Waals surface area contributed by atoms with E-state index in [0.29, 0.717) is 11.0 Å². The van der Waals surface area contributed by atoms with Crippen LogP contribution in [0, 0.1) is 5.41 Å². The van der Waals surface area contributed by atoms with Crippen LogP contribution in [0.15, 0.2) is 0 Å². The lowest BCUT2D eigenvalue weighted by molar-refractivity contribution is -0.324. The van der Waals surface area contributed by atoms with Crippen LogP contribution < -0.4 is 5.32 Å². The van der Waals surface area contributed by atoms with Crippen LogP contribution in [0.1, 0.15) is 57.8 Å². The quantitative estimate of drug-likeness (QED) is 0.659. The van der Waals surface area contributed by atoms with Gasteiger partial charge in [-0.15, -0.1) is 0 Å². The third kappa shape index (κ3) is 0.938. The van der Waals surface area contributed by atoms with Crippen LogP contribution in [0.5, 0.6) is 0 Å². The Labute approximate surface area is 91.8 Å². The maximum Gasteiger partial charge on any atom is 0.120 e. The topological polar surface area (TPSA) is 21.3 Å². The van der Waals surface area contributed by atoms with Crippen LogP contribution >= 0.6 is 0 Å². The molecular weight excluding hydrogens is 186 g/mol. The number of nitrogens with one attached hydrogen (secondary N) is 1. The minimum absolute atomic E-state index is 0.126. The van der Waals surface area contributed by atoms with Crippen LogP contribution in [0.4, 0.5) is 0 Å². The van der Waals surface area contributed by atoms with E-state index in [1.807, 2.05) is 0 Å². The van der Waals surface area contributed by atoms with E-state index in [1.54, 1.807) is 0 Å². The average Bonchev–Trinajstić information content (AvgIpc) is 2.09. The molecule has 0 unspecified atom stereocenters. The largest absolute Gasteiger partial charge is 0.354 e. The molecule has 0 atom stereocenters. The lowest BCUT2D eigenvalue weighted by Crippen LogP contribution is -2.74. The van der Waals surface area contributed by atoms with Crippen molar-refractivity contribution < 1.29 is 4.74 Å². The molecule has 0 bridgehead atoms. The van der Waals surface area contributed by atoms with Gasteiger partial charge >= 0.3 is 0 Å². The standard InChI is InChI=1S/C13H21NO/c1-4-11(5-1)10-14-13(8-3-9-13)15-12(11)6-2-7-12/h14H,1-10H2. The Morgan fingerprint density at radius 3 is 1.87 bits per heavy atom. The number of hydrogen-bond acceptors (Lipinski definition) is 2. The molecule has 4 aliphatic rings. The molecule has 2 nitrogen and oxygen atoms in total. The molecule has 0 aromatic heterocycles. The molecule has 0 amide bonds. The summed E-state index contributed by atoms with van der Waals surface area (Å²) in [6, 6.07) is 0. The van der Waals surface area contributed by atoms with Crippen molar-refractivity contribution in [2.45, 2.75) is 69.1 Å². The first-order chi connectivity index (χ1) is 7.29. The molecule has 2 heteroatoms. The molecule has 1 saturated heterocycles. The molecule has 3 saturated carbocycles. The lowest BCUT2D eigenvalue weighted by atomic mass is 9.50. The summed E-state index contributed by atoms with van der Waals surface area (Å²) in [5.41, 5.74) is 0.990. The van der Waals surface area contributed by atoms with E-state index in [1.165, 1.54) is 64.3 Å². The molecule has 1 aliphatic heterocycles. The zero-order valence-corrected chi connectivity index (χ0v) is 9.48. The second-order valence-corrected chi connectivity index (χ2v) is 6.29. The first-order valence-electron chi connectivity index (χ1n) is 6.74. The first kappa shape index (κ1) is 9.00. The summed E-state index contributed by atoms with van der Waals surface area (Å²) in [4.78, 5) is 0. The summed E-state index contributed by atoms with van der Waals surface area (Å²) >= 11 is 0. The monoisotopic (exact) mass is 207 g/mol. The van der Waals surface area contributed by atoms with Crippen molar-refractivity contribution in [1.29, 1.82) is 0 Å². The van der Waals surface area contributed by atoms with E-state index in [4.69, 9.17) is 4.74 Å². The second kappa shape index (κ2) is 2.60. The Bertz CT molecular complexity index is 287. The van der Waals surface area contributed by atoms with Gasteiger partial charge in [-0.2, -0.15) is 0 Å². The summed E-state index contributed by atoms with van der Waals surface area (Å²) in [7, 11) is 0. The predicted molar refractivity (Wildman–Crippen MR) is 58.5 cm³/mol. The molecule has 1 N–H and O–H groups in total. The third-order valence-corrected chi connectivity index (χ3v) is 5.74. The summed E-state index contributed by atoms with van der Waals surface area (Å²) in [6.07, 6.45) is 12.2. The van der Waals surface area contributed by atoms with Gasteiger partial charge in [0.05, 0.1) is 5.60 Å². The van der Waals surface area contributed by atoms with Crippen LogP contribution in [0.3, 0.4) is 0 Å². The van der Waals surface area contributed by atoms with Gasteiger partial charge in [0.25, 0.3) is 0 Å². The minimum atomic E-state index is 0.126. The molecule has 3 aliphatic carbocycles. The van der Waals surface area contributed by atoms with Gasteiger partial charge in [0.15, 0.2) is 0 Å². The SMILES string of the molecule is C1CC2(C1)NCC1(CCC1)C1(CCC1)O2. The van der Waals surface area contributed by atoms with Crippen molar-refractivity contribution in [3.63, 3.8) is 0 Å². The Kier molecular flexibility index (Phi) is 1.56. The Morgan fingerprint density at radius 1 is 0.800 bits per heavy atom. The number of ether oxygens (including phenoxy) is 1. The maximum atomic E-state index is 6.58. The van der Waals surface area contributed by atoms with E-state index in [2.05, 4.69) is 5.32 Å². The van der Waals surface area contributed by atoms with Crippen molar-refractivity contribution >= 4 is 0 Å². The summed E-state index contributed by atoms with van der Waals surface area (Å²) in [6.45, 7) is 1.24. The van der Waals surface area contributed by atoms with Crippen molar-refractivity contribution in [3.8, 4) is 0 Å². The molecule has 84 valence electrons. The van der Waals surface area contributed by atoms with Gasteiger partial charge in [0, 0.05) is 12.0 Å². The van der Waals surface area contributed by atoms with Gasteiger partial charge in [-0.05, 0) is 51.4 Å². The zero-order valence-electron chi connectivity index (χ0n) is 9.48. The second-order valence-electron chi connectivity index (χ2n) is 6.29. The summed E-state index contributed by atoms with van der Waals surface area (Å²) in [5.74, 6) is 0. The van der Waals surface area contributed by atoms with Crippen LogP contribution in [0.25, 0.3) is 0 Å². The highest BCUT2D eigenvalue weighted by molar-refractivity contribution is 5.15. The molecule has 4 fully saturated rings. The fraction of sp³-hybridized carbons (Fsp3) is 1.00. The smallest absolute Gasteiger partial charge is 0.120 e. The average molecular weight is 207 g/mol. The number of rotatable bonds is 0. The van der Waals surface area contributed by atoms with E-state index < -0.39 is 0 Å². The Balaban J connectivity index is 1.64. The van der Waals surface area contributed by atoms with Crippen LogP contribution in [0.2, 0.25) is 0 Å². The maximum absolute atomic E-state index is 6.58. The first-order valence-corrected chi connectivity index (χ1v) is 6.74. The van der Waals surface area contributed by atoms with E-state index in [0.717, 1.165) is 0 Å². The molecule has 0 aromatic rings. The highest BCUT2D eigenvalue weighted by Crippen LogP contribution is 2.63. The van der Waals surface area contributed by atoms with E-state index in [9.17, 15) is 0 Å². The molecule has 1 heterocycles. The molecule has 4 rings (SSSR count). The van der Waals surface area contributed by atoms with Gasteiger partial charge < -0.3 is 4.74 Å². The van der Waals surface area contributed by atoms with Crippen LogP contribution in [-0.4, -0.2) is 17.9 Å². The van der Waals surface area contributed by atoms with Crippen molar-refractivity contribution in [2.75, 3.05) is 6.54 Å². The van der Waals surface area contributed by atoms with Gasteiger partial charge in [-0.1, -0.05) is 6.42 Å². The van der Waals surface area contributed by atoms with E-state index in [-0.39, 0.29) is 5.72 Å². The summed E-state index contributed by atoms with van der Waals surface area (Å²) < 4.78 is 6.58. The lowest BCUT2D eigenvalue weighted by Gasteiger charge is -2.68. The fourth-order valence-electron chi connectivity index (χ4n) is 4.15. The predicted octanol–water partition coefficient (Wildman–Crippen LogP) is 2.58. The molecule has 15 heavy (non-hydrogen) atoms. The van der Waals surface area contributed by atoms with Gasteiger partial charge in [-0.3, -0.25) is 5.32 Å². The summed E-state index contributed by atoms with van der Waals surface area (Å²) in [5, 5.41) is 3.73. The van der Waals surface area contributed by atoms with Crippen molar-refractivity contribution in [1.82, 2.24) is 5.32 Å². The normalized spacial score (nSPS) is 38.4. The van der Waals surface area contributed by atoms with Gasteiger partial charge in [0.1, 0.15) is 5.72 Å². The highest BCUT2D eigenvalue weighted by atomic mass is 16.5. The van der Waals surface area contributed by atoms with Gasteiger partial charge in [-0.25, -0.2) is 0 Å². The fourth-order valence-corrected chi connectivity index (χ4v) is 4.15. The van der Waals surface area contributed by atoms with Crippen LogP contribution in [-0.2, 0) is 4.74 Å². The van der Waals surface area contributed by atoms with Gasteiger partial charge in [0.2, 0.25) is 0 Å². The molecule has 0 aromatic carbocycles. The Morgan fingerprint density at radius 2 is 1.47 bits per heavy atom. The van der Waals surface area contributed by atoms with E-state index >= 15 is 0 Å². The molecule has 3 spiro atoms. The number of hydrogen-bond donors (Lipinski definition) is 1. The number of fused-ring (bicyclic) bond motifs is 1. The zero-order chi connectivity index (χ0) is 9.99. The van der Waals surface area contributed by atoms with Crippen molar-refractivity contribution in [3.05, 3.63) is 0 Å². The highest BCUT2D eigenvalue weighted by Gasteiger charge is 2.64. The van der Waals surface area contributed by atoms with Crippen molar-refractivity contribution in [2.24, 2.45) is 5.41 Å².